The Morgan fingerprint density at radius 2 is 2.00 bits per heavy atom. The third-order valence-electron chi connectivity index (χ3n) is 4.07. The van der Waals surface area contributed by atoms with E-state index in [1.54, 1.807) is 0 Å². The minimum atomic E-state index is -0.319. The molecule has 126 valence electrons. The summed E-state index contributed by atoms with van der Waals surface area (Å²) in [7, 11) is 0. The molecule has 0 aliphatic carbocycles. The van der Waals surface area contributed by atoms with Crippen LogP contribution < -0.4 is 14.8 Å². The van der Waals surface area contributed by atoms with Gasteiger partial charge in [-0.25, -0.2) is 0 Å². The molecular weight excluding hydrogens is 302 g/mol. The number of nitrogens with one attached hydrogen (secondary N) is 1. The van der Waals surface area contributed by atoms with Gasteiger partial charge in [-0.05, 0) is 39.0 Å². The van der Waals surface area contributed by atoms with Crippen molar-refractivity contribution >= 4 is 5.91 Å². The molecule has 1 aliphatic rings. The van der Waals surface area contributed by atoms with E-state index < -0.39 is 0 Å². The quantitative estimate of drug-likeness (QED) is 0.930. The molecule has 1 atom stereocenters. The van der Waals surface area contributed by atoms with Gasteiger partial charge < -0.3 is 14.8 Å². The Kier molecular flexibility index (Phi) is 4.47. The summed E-state index contributed by atoms with van der Waals surface area (Å²) >= 11 is 0. The van der Waals surface area contributed by atoms with Crippen molar-refractivity contribution in [3.63, 3.8) is 0 Å². The Balaban J connectivity index is 1.70. The molecule has 2 aromatic rings. The first-order valence-corrected chi connectivity index (χ1v) is 8.20. The van der Waals surface area contributed by atoms with Crippen molar-refractivity contribution in [1.82, 2.24) is 5.32 Å². The molecule has 0 spiro atoms. The second-order valence-corrected chi connectivity index (χ2v) is 6.83. The maximum absolute atomic E-state index is 12.3. The van der Waals surface area contributed by atoms with Crippen molar-refractivity contribution in [1.29, 1.82) is 0 Å². The standard InChI is InChI=1S/C20H23NO3/c1-14-9-10-18-16(11-14)17(12-20(2,3)24-18)21-19(22)13-23-15-7-5-4-6-8-15/h4-11,17H,12-13H2,1-3H3,(H,21,22)/t17-/m1/s1. The zero-order valence-electron chi connectivity index (χ0n) is 14.3. The van der Waals surface area contributed by atoms with E-state index in [1.807, 2.05) is 63.2 Å². The first-order chi connectivity index (χ1) is 11.4. The fourth-order valence-corrected chi connectivity index (χ4v) is 3.00. The zero-order valence-corrected chi connectivity index (χ0v) is 14.3. The fourth-order valence-electron chi connectivity index (χ4n) is 3.00. The van der Waals surface area contributed by atoms with Gasteiger partial charge in [0, 0.05) is 12.0 Å². The van der Waals surface area contributed by atoms with Gasteiger partial charge in [0.2, 0.25) is 0 Å². The number of carbonyl (C=O) groups is 1. The molecular formula is C20H23NO3. The molecule has 4 heteroatoms. The summed E-state index contributed by atoms with van der Waals surface area (Å²) in [5.41, 5.74) is 1.86. The van der Waals surface area contributed by atoms with E-state index >= 15 is 0 Å². The van der Waals surface area contributed by atoms with Gasteiger partial charge in [-0.15, -0.1) is 0 Å². The van der Waals surface area contributed by atoms with Crippen molar-refractivity contribution in [2.75, 3.05) is 6.61 Å². The van der Waals surface area contributed by atoms with E-state index in [9.17, 15) is 4.79 Å². The molecule has 1 heterocycles. The second kappa shape index (κ2) is 6.56. The molecule has 24 heavy (non-hydrogen) atoms. The molecule has 0 radical (unpaired) electrons. The molecule has 0 fully saturated rings. The summed E-state index contributed by atoms with van der Waals surface area (Å²) in [5.74, 6) is 1.40. The topological polar surface area (TPSA) is 47.6 Å². The lowest BCUT2D eigenvalue weighted by atomic mass is 9.89. The summed E-state index contributed by atoms with van der Waals surface area (Å²) in [4.78, 5) is 12.3. The molecule has 2 aromatic carbocycles. The highest BCUT2D eigenvalue weighted by Crippen LogP contribution is 2.39. The smallest absolute Gasteiger partial charge is 0.258 e. The molecule has 1 amide bonds. The van der Waals surface area contributed by atoms with Crippen LogP contribution in [0, 0.1) is 6.92 Å². The molecule has 0 saturated carbocycles. The van der Waals surface area contributed by atoms with E-state index in [1.165, 1.54) is 0 Å². The van der Waals surface area contributed by atoms with Gasteiger partial charge in [0.15, 0.2) is 6.61 Å². The van der Waals surface area contributed by atoms with E-state index in [4.69, 9.17) is 9.47 Å². The number of para-hydroxylation sites is 1. The second-order valence-electron chi connectivity index (χ2n) is 6.83. The Bertz CT molecular complexity index is 725. The lowest BCUT2D eigenvalue weighted by Gasteiger charge is -2.38. The van der Waals surface area contributed by atoms with E-state index in [0.29, 0.717) is 5.75 Å². The van der Waals surface area contributed by atoms with Crippen LogP contribution in [0.15, 0.2) is 48.5 Å². The fraction of sp³-hybridized carbons (Fsp3) is 0.350. The van der Waals surface area contributed by atoms with Crippen molar-refractivity contribution in [2.24, 2.45) is 0 Å². The summed E-state index contributed by atoms with van der Waals surface area (Å²) in [6, 6.07) is 15.4. The van der Waals surface area contributed by atoms with Crippen molar-refractivity contribution in [2.45, 2.75) is 38.8 Å². The third kappa shape index (κ3) is 3.88. The number of benzene rings is 2. The van der Waals surface area contributed by atoms with E-state index in [-0.39, 0.29) is 24.2 Å². The lowest BCUT2D eigenvalue weighted by Crippen LogP contribution is -2.42. The number of fused-ring (bicyclic) bond motifs is 1. The average molecular weight is 325 g/mol. The third-order valence-corrected chi connectivity index (χ3v) is 4.07. The van der Waals surface area contributed by atoms with Crippen LogP contribution in [-0.4, -0.2) is 18.1 Å². The highest BCUT2D eigenvalue weighted by atomic mass is 16.5. The number of amides is 1. The average Bonchev–Trinajstić information content (AvgIpc) is 2.54. The highest BCUT2D eigenvalue weighted by molar-refractivity contribution is 5.78. The number of ether oxygens (including phenoxy) is 2. The van der Waals surface area contributed by atoms with Gasteiger partial charge in [0.1, 0.15) is 17.1 Å². The molecule has 1 aliphatic heterocycles. The molecule has 0 unspecified atom stereocenters. The summed E-state index contributed by atoms with van der Waals surface area (Å²) < 4.78 is 11.6. The van der Waals surface area contributed by atoms with Gasteiger partial charge in [0.25, 0.3) is 5.91 Å². The van der Waals surface area contributed by atoms with Crippen LogP contribution in [0.1, 0.15) is 37.4 Å². The monoisotopic (exact) mass is 325 g/mol. The molecule has 4 nitrogen and oxygen atoms in total. The van der Waals surface area contributed by atoms with Crippen LogP contribution in [-0.2, 0) is 4.79 Å². The van der Waals surface area contributed by atoms with Crippen LogP contribution in [0.25, 0.3) is 0 Å². The lowest BCUT2D eigenvalue weighted by molar-refractivity contribution is -0.124. The van der Waals surface area contributed by atoms with E-state index in [0.717, 1.165) is 23.3 Å². The van der Waals surface area contributed by atoms with Crippen molar-refractivity contribution < 1.29 is 14.3 Å². The van der Waals surface area contributed by atoms with Crippen LogP contribution in [0.2, 0.25) is 0 Å². The Morgan fingerprint density at radius 3 is 2.75 bits per heavy atom. The summed E-state index contributed by atoms with van der Waals surface area (Å²) in [6.45, 7) is 6.12. The summed E-state index contributed by atoms with van der Waals surface area (Å²) in [5, 5.41) is 3.08. The van der Waals surface area contributed by atoms with Crippen molar-refractivity contribution in [3.05, 3.63) is 59.7 Å². The van der Waals surface area contributed by atoms with Gasteiger partial charge in [-0.1, -0.05) is 35.9 Å². The van der Waals surface area contributed by atoms with Crippen LogP contribution >= 0.6 is 0 Å². The zero-order chi connectivity index (χ0) is 17.2. The SMILES string of the molecule is Cc1ccc2c(c1)[C@H](NC(=O)COc1ccccc1)CC(C)(C)O2. The molecule has 0 aromatic heterocycles. The van der Waals surface area contributed by atoms with Crippen molar-refractivity contribution in [3.8, 4) is 11.5 Å². The Hall–Kier alpha value is -2.49. The number of carbonyl (C=O) groups excluding carboxylic acids is 1. The first kappa shape index (κ1) is 16.4. The summed E-state index contributed by atoms with van der Waals surface area (Å²) in [6.07, 6.45) is 0.723. The minimum absolute atomic E-state index is 0.00292. The van der Waals surface area contributed by atoms with E-state index in [2.05, 4.69) is 11.4 Å². The number of aryl methyl sites for hydroxylation is 1. The van der Waals surface area contributed by atoms with Gasteiger partial charge in [0.05, 0.1) is 6.04 Å². The molecule has 3 rings (SSSR count). The Labute approximate surface area is 142 Å². The highest BCUT2D eigenvalue weighted by Gasteiger charge is 2.34. The maximum atomic E-state index is 12.3. The minimum Gasteiger partial charge on any atom is -0.487 e. The van der Waals surface area contributed by atoms with Gasteiger partial charge in [-0.3, -0.25) is 4.79 Å². The van der Waals surface area contributed by atoms with Gasteiger partial charge in [-0.2, -0.15) is 0 Å². The first-order valence-electron chi connectivity index (χ1n) is 8.20. The molecule has 1 N–H and O–H groups in total. The molecule has 0 saturated heterocycles. The number of rotatable bonds is 4. The molecule has 0 bridgehead atoms. The van der Waals surface area contributed by atoms with Crippen LogP contribution in [0.3, 0.4) is 0 Å². The maximum Gasteiger partial charge on any atom is 0.258 e. The number of hydrogen-bond acceptors (Lipinski definition) is 3. The largest absolute Gasteiger partial charge is 0.487 e. The van der Waals surface area contributed by atoms with Crippen LogP contribution in [0.4, 0.5) is 0 Å². The Morgan fingerprint density at radius 1 is 1.25 bits per heavy atom. The number of hydrogen-bond donors (Lipinski definition) is 1. The van der Waals surface area contributed by atoms with Crippen LogP contribution in [0.5, 0.6) is 11.5 Å². The predicted octanol–water partition coefficient (Wildman–Crippen LogP) is 3.79. The predicted molar refractivity (Wildman–Crippen MR) is 93.3 cm³/mol. The van der Waals surface area contributed by atoms with Gasteiger partial charge >= 0.3 is 0 Å². The normalized spacial score (nSPS) is 18.2.